The van der Waals surface area contributed by atoms with Crippen molar-refractivity contribution in [2.45, 2.75) is 13.0 Å². The van der Waals surface area contributed by atoms with E-state index in [1.807, 2.05) is 6.07 Å². The third kappa shape index (κ3) is 2.55. The average Bonchev–Trinajstić information content (AvgIpc) is 2.73. The van der Waals surface area contributed by atoms with Crippen LogP contribution in [0.25, 0.3) is 0 Å². The molecule has 1 aromatic heterocycles. The summed E-state index contributed by atoms with van der Waals surface area (Å²) in [6.07, 6.45) is 0. The van der Waals surface area contributed by atoms with E-state index in [1.165, 1.54) is 23.5 Å². The van der Waals surface area contributed by atoms with Crippen molar-refractivity contribution in [3.8, 4) is 0 Å². The Hall–Kier alpha value is -0.970. The molecular formula is C13H12ClF2NS. The van der Waals surface area contributed by atoms with Gasteiger partial charge >= 0.3 is 0 Å². The zero-order valence-electron chi connectivity index (χ0n) is 9.93. The highest BCUT2D eigenvalue weighted by Gasteiger charge is 2.19. The maximum atomic E-state index is 13.9. The second-order valence-corrected chi connectivity index (χ2v) is 5.73. The van der Waals surface area contributed by atoms with Gasteiger partial charge < -0.3 is 5.32 Å². The van der Waals surface area contributed by atoms with Crippen molar-refractivity contribution in [3.63, 3.8) is 0 Å². The Labute approximate surface area is 113 Å². The standard InChI is InChI=1S/C13H12ClF2NS/c1-7-5-10(16)8(6-9(7)15)13(17-2)11-3-4-12(14)18-11/h3-6,13,17H,1-2H3. The van der Waals surface area contributed by atoms with Gasteiger partial charge in [0.15, 0.2) is 0 Å². The summed E-state index contributed by atoms with van der Waals surface area (Å²) >= 11 is 7.22. The van der Waals surface area contributed by atoms with Gasteiger partial charge in [-0.2, -0.15) is 0 Å². The molecular weight excluding hydrogens is 276 g/mol. The second kappa shape index (κ2) is 5.34. The first-order valence-electron chi connectivity index (χ1n) is 5.41. The van der Waals surface area contributed by atoms with Gasteiger partial charge in [-0.25, -0.2) is 8.78 Å². The van der Waals surface area contributed by atoms with Crippen LogP contribution >= 0.6 is 22.9 Å². The maximum absolute atomic E-state index is 13.9. The SMILES string of the molecule is CNC(c1ccc(Cl)s1)c1cc(F)c(C)cc1F. The molecule has 1 atom stereocenters. The lowest BCUT2D eigenvalue weighted by atomic mass is 10.0. The van der Waals surface area contributed by atoms with Crippen molar-refractivity contribution in [3.05, 3.63) is 56.2 Å². The number of aryl methyl sites for hydroxylation is 1. The zero-order valence-corrected chi connectivity index (χ0v) is 11.5. The molecule has 5 heteroatoms. The number of rotatable bonds is 3. The minimum Gasteiger partial charge on any atom is -0.309 e. The quantitative estimate of drug-likeness (QED) is 0.888. The van der Waals surface area contributed by atoms with Crippen LogP contribution in [-0.4, -0.2) is 7.05 Å². The van der Waals surface area contributed by atoms with Crippen molar-refractivity contribution >= 4 is 22.9 Å². The molecule has 1 aromatic carbocycles. The fraction of sp³-hybridized carbons (Fsp3) is 0.231. The molecule has 0 amide bonds. The van der Waals surface area contributed by atoms with Crippen molar-refractivity contribution in [2.24, 2.45) is 0 Å². The van der Waals surface area contributed by atoms with E-state index in [4.69, 9.17) is 11.6 Å². The van der Waals surface area contributed by atoms with Gasteiger partial charge in [-0.05, 0) is 43.8 Å². The molecule has 1 N–H and O–H groups in total. The fourth-order valence-electron chi connectivity index (χ4n) is 1.82. The lowest BCUT2D eigenvalue weighted by Crippen LogP contribution is -2.18. The molecule has 1 nitrogen and oxygen atoms in total. The molecule has 1 heterocycles. The van der Waals surface area contributed by atoms with Crippen molar-refractivity contribution in [1.82, 2.24) is 5.32 Å². The van der Waals surface area contributed by atoms with Gasteiger partial charge in [0.05, 0.1) is 10.4 Å². The molecule has 0 aliphatic rings. The molecule has 0 spiro atoms. The molecule has 0 radical (unpaired) electrons. The Morgan fingerprint density at radius 2 is 1.94 bits per heavy atom. The molecule has 0 bridgehead atoms. The van der Waals surface area contributed by atoms with E-state index in [0.29, 0.717) is 15.5 Å². The molecule has 0 saturated heterocycles. The average molecular weight is 288 g/mol. The molecule has 0 fully saturated rings. The van der Waals surface area contributed by atoms with E-state index >= 15 is 0 Å². The van der Waals surface area contributed by atoms with Crippen LogP contribution in [0.15, 0.2) is 24.3 Å². The van der Waals surface area contributed by atoms with E-state index in [2.05, 4.69) is 5.32 Å². The van der Waals surface area contributed by atoms with Crippen LogP contribution in [0.3, 0.4) is 0 Å². The van der Waals surface area contributed by atoms with E-state index in [-0.39, 0.29) is 0 Å². The van der Waals surface area contributed by atoms with E-state index in [1.54, 1.807) is 20.0 Å². The molecule has 0 saturated carbocycles. The van der Waals surface area contributed by atoms with Crippen LogP contribution in [0.2, 0.25) is 4.34 Å². The summed E-state index contributed by atoms with van der Waals surface area (Å²) in [7, 11) is 1.70. The van der Waals surface area contributed by atoms with Gasteiger partial charge in [0.2, 0.25) is 0 Å². The van der Waals surface area contributed by atoms with Gasteiger partial charge in [-0.15, -0.1) is 11.3 Å². The van der Waals surface area contributed by atoms with Crippen LogP contribution in [0.5, 0.6) is 0 Å². The number of thiophene rings is 1. The lowest BCUT2D eigenvalue weighted by molar-refractivity contribution is 0.556. The highest BCUT2D eigenvalue weighted by Crippen LogP contribution is 2.32. The van der Waals surface area contributed by atoms with Gasteiger partial charge in [0.1, 0.15) is 11.6 Å². The van der Waals surface area contributed by atoms with Crippen LogP contribution in [0.1, 0.15) is 22.0 Å². The Kier molecular flexibility index (Phi) is 4.00. The van der Waals surface area contributed by atoms with Gasteiger partial charge in [0, 0.05) is 10.4 Å². The molecule has 2 rings (SSSR count). The zero-order chi connectivity index (χ0) is 13.3. The molecule has 0 aliphatic carbocycles. The lowest BCUT2D eigenvalue weighted by Gasteiger charge is -2.16. The second-order valence-electron chi connectivity index (χ2n) is 3.99. The van der Waals surface area contributed by atoms with Gasteiger partial charge in [0.25, 0.3) is 0 Å². The van der Waals surface area contributed by atoms with Crippen molar-refractivity contribution < 1.29 is 8.78 Å². The van der Waals surface area contributed by atoms with E-state index < -0.39 is 17.7 Å². The van der Waals surface area contributed by atoms with E-state index in [0.717, 1.165) is 4.88 Å². The number of hydrogen-bond donors (Lipinski definition) is 1. The van der Waals surface area contributed by atoms with E-state index in [9.17, 15) is 8.78 Å². The first-order chi connectivity index (χ1) is 8.52. The first kappa shape index (κ1) is 13.5. The third-order valence-electron chi connectivity index (χ3n) is 2.76. The molecule has 1 unspecified atom stereocenters. The molecule has 18 heavy (non-hydrogen) atoms. The molecule has 2 aromatic rings. The minimum atomic E-state index is -0.419. The van der Waals surface area contributed by atoms with Crippen LogP contribution in [-0.2, 0) is 0 Å². The van der Waals surface area contributed by atoms with Gasteiger partial charge in [-0.1, -0.05) is 11.6 Å². The minimum absolute atomic E-state index is 0.291. The van der Waals surface area contributed by atoms with Crippen LogP contribution < -0.4 is 5.32 Å². The number of nitrogens with one attached hydrogen (secondary N) is 1. The fourth-order valence-corrected chi connectivity index (χ4v) is 3.01. The summed E-state index contributed by atoms with van der Waals surface area (Å²) < 4.78 is 28.1. The summed E-state index contributed by atoms with van der Waals surface area (Å²) in [4.78, 5) is 0.852. The van der Waals surface area contributed by atoms with Crippen LogP contribution in [0, 0.1) is 18.6 Å². The smallest absolute Gasteiger partial charge is 0.128 e. The highest BCUT2D eigenvalue weighted by atomic mass is 35.5. The highest BCUT2D eigenvalue weighted by molar-refractivity contribution is 7.16. The van der Waals surface area contributed by atoms with Crippen molar-refractivity contribution in [1.29, 1.82) is 0 Å². The third-order valence-corrected chi connectivity index (χ3v) is 4.05. The molecule has 0 aliphatic heterocycles. The summed E-state index contributed by atoms with van der Waals surface area (Å²) in [5.41, 5.74) is 0.592. The molecule has 96 valence electrons. The Bertz CT molecular complexity index is 568. The Balaban J connectivity index is 2.48. The Morgan fingerprint density at radius 3 is 2.50 bits per heavy atom. The predicted molar refractivity (Wildman–Crippen MR) is 71.3 cm³/mol. The summed E-state index contributed by atoms with van der Waals surface area (Å²) in [5, 5.41) is 2.98. The first-order valence-corrected chi connectivity index (χ1v) is 6.60. The monoisotopic (exact) mass is 287 g/mol. The number of benzene rings is 1. The summed E-state index contributed by atoms with van der Waals surface area (Å²) in [6.45, 7) is 1.54. The number of hydrogen-bond acceptors (Lipinski definition) is 2. The topological polar surface area (TPSA) is 12.0 Å². The maximum Gasteiger partial charge on any atom is 0.128 e. The Morgan fingerprint density at radius 1 is 1.22 bits per heavy atom. The predicted octanol–water partition coefficient (Wildman–Crippen LogP) is 4.30. The summed E-state index contributed by atoms with van der Waals surface area (Å²) in [5.74, 6) is -0.827. The van der Waals surface area contributed by atoms with Crippen LogP contribution in [0.4, 0.5) is 8.78 Å². The number of halogens is 3. The van der Waals surface area contributed by atoms with Gasteiger partial charge in [-0.3, -0.25) is 0 Å². The summed E-state index contributed by atoms with van der Waals surface area (Å²) in [6, 6.07) is 5.61. The largest absolute Gasteiger partial charge is 0.309 e. The van der Waals surface area contributed by atoms with Crippen molar-refractivity contribution in [2.75, 3.05) is 7.05 Å². The normalized spacial score (nSPS) is 12.7.